The number of terminal acetylenes is 1. The predicted octanol–water partition coefficient (Wildman–Crippen LogP) is 1.68. The summed E-state index contributed by atoms with van der Waals surface area (Å²) >= 11 is 0. The molecule has 0 radical (unpaired) electrons. The second-order valence-corrected chi connectivity index (χ2v) is 5.32. The first-order valence-electron chi connectivity index (χ1n) is 7.90. The van der Waals surface area contributed by atoms with Gasteiger partial charge in [-0.15, -0.1) is 6.42 Å². The van der Waals surface area contributed by atoms with E-state index in [0.29, 0.717) is 28.3 Å². The molecule has 2 amide bonds. The van der Waals surface area contributed by atoms with Crippen LogP contribution >= 0.6 is 0 Å². The van der Waals surface area contributed by atoms with E-state index >= 15 is 0 Å². The Bertz CT molecular complexity index is 926. The van der Waals surface area contributed by atoms with Crippen LogP contribution in [0.4, 0.5) is 5.69 Å². The fraction of sp³-hybridized carbons (Fsp3) is 0.150. The lowest BCUT2D eigenvalue weighted by Gasteiger charge is -2.11. The van der Waals surface area contributed by atoms with Crippen LogP contribution in [0.3, 0.4) is 0 Å². The van der Waals surface area contributed by atoms with E-state index in [9.17, 15) is 9.59 Å². The van der Waals surface area contributed by atoms with Crippen LogP contribution in [-0.4, -0.2) is 32.1 Å². The molecule has 0 heterocycles. The van der Waals surface area contributed by atoms with Gasteiger partial charge in [-0.3, -0.25) is 9.59 Å². The molecular weight excluding hydrogens is 346 g/mol. The first-order valence-corrected chi connectivity index (χ1v) is 7.90. The third-order valence-corrected chi connectivity index (χ3v) is 3.41. The lowest BCUT2D eigenvalue weighted by molar-refractivity contribution is -0.125. The molecule has 0 bridgehead atoms. The van der Waals surface area contributed by atoms with Crippen LogP contribution in [0.1, 0.15) is 11.1 Å². The quantitative estimate of drug-likeness (QED) is 0.729. The van der Waals surface area contributed by atoms with Crippen molar-refractivity contribution in [2.75, 3.05) is 25.6 Å². The van der Waals surface area contributed by atoms with E-state index in [-0.39, 0.29) is 13.2 Å². The summed E-state index contributed by atoms with van der Waals surface area (Å²) in [7, 11) is 1.43. The summed E-state index contributed by atoms with van der Waals surface area (Å²) in [5, 5.41) is 14.0. The number of nitriles is 1. The zero-order valence-electron chi connectivity index (χ0n) is 14.6. The van der Waals surface area contributed by atoms with Crippen molar-refractivity contribution in [2.45, 2.75) is 0 Å². The summed E-state index contributed by atoms with van der Waals surface area (Å²) in [5.74, 6) is 2.26. The van der Waals surface area contributed by atoms with Crippen LogP contribution in [-0.2, 0) is 9.59 Å². The van der Waals surface area contributed by atoms with E-state index in [2.05, 4.69) is 16.6 Å². The van der Waals surface area contributed by atoms with Gasteiger partial charge in [-0.2, -0.15) is 5.26 Å². The maximum absolute atomic E-state index is 11.9. The molecule has 0 aromatic heterocycles. The van der Waals surface area contributed by atoms with E-state index < -0.39 is 11.8 Å². The number of carbonyl (C=O) groups excluding carboxylic acids is 2. The molecule has 7 heteroatoms. The van der Waals surface area contributed by atoms with Gasteiger partial charge < -0.3 is 20.1 Å². The highest BCUT2D eigenvalue weighted by Crippen LogP contribution is 2.27. The van der Waals surface area contributed by atoms with Gasteiger partial charge in [0.1, 0.15) is 0 Å². The Morgan fingerprint density at radius 2 is 1.93 bits per heavy atom. The topological polar surface area (TPSA) is 100 Å². The van der Waals surface area contributed by atoms with Gasteiger partial charge in [0.15, 0.2) is 18.1 Å². The number of methoxy groups -OCH3 is 1. The van der Waals surface area contributed by atoms with E-state index in [1.807, 2.05) is 6.07 Å². The van der Waals surface area contributed by atoms with Crippen molar-refractivity contribution in [1.29, 1.82) is 5.26 Å². The third-order valence-electron chi connectivity index (χ3n) is 3.41. The Kier molecular flexibility index (Phi) is 6.81. The zero-order chi connectivity index (χ0) is 19.6. The minimum atomic E-state index is -0.478. The summed E-state index contributed by atoms with van der Waals surface area (Å²) in [6.07, 6.45) is 5.31. The highest BCUT2D eigenvalue weighted by atomic mass is 16.5. The van der Waals surface area contributed by atoms with E-state index in [0.717, 1.165) is 0 Å². The summed E-state index contributed by atoms with van der Waals surface area (Å²) in [6, 6.07) is 13.4. The largest absolute Gasteiger partial charge is 0.493 e. The first kappa shape index (κ1) is 19.4. The predicted molar refractivity (Wildman–Crippen MR) is 99.2 cm³/mol. The number of hydrogen-bond donors (Lipinski definition) is 2. The number of nitrogens with one attached hydrogen (secondary N) is 2. The Morgan fingerprint density at radius 3 is 2.63 bits per heavy atom. The molecule has 2 aromatic carbocycles. The molecule has 0 saturated carbocycles. The van der Waals surface area contributed by atoms with Crippen LogP contribution in [0, 0.1) is 23.7 Å². The monoisotopic (exact) mass is 363 g/mol. The lowest BCUT2D eigenvalue weighted by atomic mass is 10.2. The normalized spacial score (nSPS) is 9.44. The molecule has 0 aliphatic heterocycles. The standard InChI is InChI=1S/C20H17N3O4/c1-3-14-5-4-6-16(9-14)23-19(24)12-22-20(25)13-27-17-8-7-15(11-21)10-18(17)26-2/h1,4-10H,12-13H2,2H3,(H,22,25)(H,23,24). The number of amides is 2. The van der Waals surface area contributed by atoms with E-state index in [1.165, 1.54) is 19.2 Å². The molecule has 0 atom stereocenters. The molecule has 0 aliphatic carbocycles. The Balaban J connectivity index is 1.81. The average molecular weight is 363 g/mol. The Labute approximate surface area is 156 Å². The zero-order valence-corrected chi connectivity index (χ0v) is 14.6. The molecule has 0 saturated heterocycles. The molecule has 0 unspecified atom stereocenters. The van der Waals surface area contributed by atoms with Crippen LogP contribution in [0.25, 0.3) is 0 Å². The molecule has 136 valence electrons. The van der Waals surface area contributed by atoms with E-state index in [1.54, 1.807) is 30.3 Å². The van der Waals surface area contributed by atoms with E-state index in [4.69, 9.17) is 21.2 Å². The molecule has 27 heavy (non-hydrogen) atoms. The highest BCUT2D eigenvalue weighted by Gasteiger charge is 2.10. The van der Waals surface area contributed by atoms with Crippen LogP contribution < -0.4 is 20.1 Å². The average Bonchev–Trinajstić information content (AvgIpc) is 2.70. The molecular formula is C20H17N3O4. The molecule has 0 fully saturated rings. The number of nitrogens with zero attached hydrogens (tertiary/aromatic N) is 1. The van der Waals surface area contributed by atoms with Gasteiger partial charge in [0.25, 0.3) is 5.91 Å². The molecule has 2 aromatic rings. The maximum Gasteiger partial charge on any atom is 0.258 e. The SMILES string of the molecule is C#Cc1cccc(NC(=O)CNC(=O)COc2ccc(C#N)cc2OC)c1. The summed E-state index contributed by atoms with van der Waals surface area (Å²) in [5.41, 5.74) is 1.60. The van der Waals surface area contributed by atoms with Gasteiger partial charge in [0.05, 0.1) is 25.3 Å². The Hall–Kier alpha value is -3.97. The molecule has 0 spiro atoms. The smallest absolute Gasteiger partial charge is 0.258 e. The minimum Gasteiger partial charge on any atom is -0.493 e. The number of benzene rings is 2. The van der Waals surface area contributed by atoms with Crippen molar-refractivity contribution < 1.29 is 19.1 Å². The first-order chi connectivity index (χ1) is 13.0. The highest BCUT2D eigenvalue weighted by molar-refractivity contribution is 5.94. The lowest BCUT2D eigenvalue weighted by Crippen LogP contribution is -2.35. The van der Waals surface area contributed by atoms with Crippen molar-refractivity contribution in [2.24, 2.45) is 0 Å². The number of hydrogen-bond acceptors (Lipinski definition) is 5. The minimum absolute atomic E-state index is 0.215. The van der Waals surface area contributed by atoms with Crippen molar-refractivity contribution in [3.05, 3.63) is 53.6 Å². The number of rotatable bonds is 7. The molecule has 2 N–H and O–H groups in total. The van der Waals surface area contributed by atoms with Gasteiger partial charge in [-0.1, -0.05) is 12.0 Å². The fourth-order valence-electron chi connectivity index (χ4n) is 2.12. The summed E-state index contributed by atoms with van der Waals surface area (Å²) in [4.78, 5) is 23.8. The second kappa shape index (κ2) is 9.50. The van der Waals surface area contributed by atoms with Crippen molar-refractivity contribution >= 4 is 17.5 Å². The molecule has 2 rings (SSSR count). The van der Waals surface area contributed by atoms with Gasteiger partial charge in [-0.25, -0.2) is 0 Å². The Morgan fingerprint density at radius 1 is 1.11 bits per heavy atom. The second-order valence-electron chi connectivity index (χ2n) is 5.32. The maximum atomic E-state index is 11.9. The van der Waals surface area contributed by atoms with Crippen molar-refractivity contribution in [3.8, 4) is 29.9 Å². The van der Waals surface area contributed by atoms with Gasteiger partial charge in [0, 0.05) is 17.3 Å². The van der Waals surface area contributed by atoms with Crippen molar-refractivity contribution in [1.82, 2.24) is 5.32 Å². The summed E-state index contributed by atoms with van der Waals surface area (Å²) < 4.78 is 10.5. The fourth-order valence-corrected chi connectivity index (χ4v) is 2.12. The number of ether oxygens (including phenoxy) is 2. The number of anilines is 1. The van der Waals surface area contributed by atoms with Gasteiger partial charge >= 0.3 is 0 Å². The third kappa shape index (κ3) is 5.80. The molecule has 7 nitrogen and oxygen atoms in total. The van der Waals surface area contributed by atoms with Crippen molar-refractivity contribution in [3.63, 3.8) is 0 Å². The van der Waals surface area contributed by atoms with Crippen LogP contribution in [0.15, 0.2) is 42.5 Å². The van der Waals surface area contributed by atoms with Crippen LogP contribution in [0.5, 0.6) is 11.5 Å². The van der Waals surface area contributed by atoms with Gasteiger partial charge in [0.2, 0.25) is 5.91 Å². The summed E-state index contributed by atoms with van der Waals surface area (Å²) in [6.45, 7) is -0.519. The van der Waals surface area contributed by atoms with Crippen LogP contribution in [0.2, 0.25) is 0 Å². The van der Waals surface area contributed by atoms with Gasteiger partial charge in [-0.05, 0) is 30.3 Å². The molecule has 0 aliphatic rings. The number of carbonyl (C=O) groups is 2.